The van der Waals surface area contributed by atoms with Crippen molar-refractivity contribution in [2.24, 2.45) is 5.41 Å². The van der Waals surface area contributed by atoms with Crippen molar-refractivity contribution in [2.75, 3.05) is 0 Å². The first-order chi connectivity index (χ1) is 11.5. The average Bonchev–Trinajstić information content (AvgIpc) is 2.52. The predicted octanol–water partition coefficient (Wildman–Crippen LogP) is 3.77. The Bertz CT molecular complexity index is 851. The Morgan fingerprint density at radius 3 is 2.00 bits per heavy atom. The number of rotatable bonds is 4. The van der Waals surface area contributed by atoms with Crippen LogP contribution in [0.2, 0.25) is 0 Å². The summed E-state index contributed by atoms with van der Waals surface area (Å²) < 4.78 is 39.4. The Morgan fingerprint density at radius 1 is 1.00 bits per heavy atom. The highest BCUT2D eigenvalue weighted by atomic mass is 32.2. The molecule has 1 N–H and O–H groups in total. The van der Waals surface area contributed by atoms with E-state index in [2.05, 4.69) is 5.32 Å². The van der Waals surface area contributed by atoms with Crippen molar-refractivity contribution in [1.82, 2.24) is 5.32 Å². The van der Waals surface area contributed by atoms with Crippen LogP contribution in [0, 0.1) is 18.2 Å². The maximum Gasteiger partial charge on any atom is 0.226 e. The molecule has 0 saturated carbocycles. The van der Waals surface area contributed by atoms with Crippen LogP contribution in [0.5, 0.6) is 0 Å². The minimum Gasteiger partial charge on any atom is -0.335 e. The molecule has 0 saturated heterocycles. The van der Waals surface area contributed by atoms with Crippen LogP contribution < -0.4 is 5.32 Å². The second-order valence-electron chi connectivity index (χ2n) is 7.01. The van der Waals surface area contributed by atoms with Gasteiger partial charge in [-0.25, -0.2) is 12.8 Å². The Morgan fingerprint density at radius 2 is 1.52 bits per heavy atom. The van der Waals surface area contributed by atoms with Crippen LogP contribution >= 0.6 is 0 Å². The summed E-state index contributed by atoms with van der Waals surface area (Å²) in [6.07, 6.45) is 0. The van der Waals surface area contributed by atoms with Gasteiger partial charge in [0.15, 0.2) is 5.37 Å². The summed E-state index contributed by atoms with van der Waals surface area (Å²) in [6.45, 7) is 6.95. The van der Waals surface area contributed by atoms with E-state index in [9.17, 15) is 17.6 Å². The number of aryl methyl sites for hydroxylation is 1. The molecule has 0 radical (unpaired) electrons. The van der Waals surface area contributed by atoms with E-state index in [0.717, 1.165) is 5.56 Å². The molecule has 0 spiro atoms. The Balaban J connectivity index is 2.51. The van der Waals surface area contributed by atoms with Crippen LogP contribution in [0.15, 0.2) is 53.4 Å². The number of amides is 1. The maximum atomic E-state index is 13.2. The van der Waals surface area contributed by atoms with Crippen LogP contribution in [0.3, 0.4) is 0 Å². The molecule has 1 unspecified atom stereocenters. The molecule has 0 fully saturated rings. The van der Waals surface area contributed by atoms with Gasteiger partial charge in [-0.05, 0) is 36.8 Å². The second kappa shape index (κ2) is 6.96. The molecule has 2 rings (SSSR count). The quantitative estimate of drug-likeness (QED) is 0.899. The largest absolute Gasteiger partial charge is 0.335 e. The first-order valence-electron chi connectivity index (χ1n) is 7.89. The molecule has 6 heteroatoms. The number of benzene rings is 2. The van der Waals surface area contributed by atoms with Crippen molar-refractivity contribution in [3.63, 3.8) is 0 Å². The molecule has 2 aromatic rings. The van der Waals surface area contributed by atoms with Crippen LogP contribution in [-0.4, -0.2) is 14.3 Å². The monoisotopic (exact) mass is 363 g/mol. The number of halogens is 1. The number of carbonyl (C=O) groups excluding carboxylic acids is 1. The number of hydrogen-bond acceptors (Lipinski definition) is 3. The summed E-state index contributed by atoms with van der Waals surface area (Å²) in [4.78, 5) is 12.5. The number of nitrogens with one attached hydrogen (secondary N) is 1. The molecular weight excluding hydrogens is 341 g/mol. The normalized spacial score (nSPS) is 13.3. The Kier molecular flexibility index (Phi) is 5.32. The fourth-order valence-corrected chi connectivity index (χ4v) is 3.74. The minimum absolute atomic E-state index is 0.0987. The third kappa shape index (κ3) is 4.45. The molecule has 1 amide bonds. The highest BCUT2D eigenvalue weighted by Gasteiger charge is 2.33. The lowest BCUT2D eigenvalue weighted by molar-refractivity contribution is -0.128. The van der Waals surface area contributed by atoms with E-state index in [1.54, 1.807) is 32.9 Å². The highest BCUT2D eigenvalue weighted by Crippen LogP contribution is 2.28. The van der Waals surface area contributed by atoms with Crippen LogP contribution in [0.25, 0.3) is 0 Å². The van der Waals surface area contributed by atoms with E-state index in [-0.39, 0.29) is 4.90 Å². The van der Waals surface area contributed by atoms with Crippen molar-refractivity contribution in [3.05, 3.63) is 65.5 Å². The Hall–Kier alpha value is -2.21. The van der Waals surface area contributed by atoms with E-state index < -0.39 is 32.4 Å². The van der Waals surface area contributed by atoms with Gasteiger partial charge in [0.05, 0.1) is 4.90 Å². The summed E-state index contributed by atoms with van der Waals surface area (Å²) in [6, 6.07) is 11.5. The van der Waals surface area contributed by atoms with Crippen LogP contribution in [0.4, 0.5) is 4.39 Å². The second-order valence-corrected chi connectivity index (χ2v) is 9.05. The molecule has 25 heavy (non-hydrogen) atoms. The zero-order valence-corrected chi connectivity index (χ0v) is 15.5. The van der Waals surface area contributed by atoms with E-state index in [1.807, 2.05) is 6.92 Å². The molecule has 0 aliphatic heterocycles. The molecular formula is C19H22FNO3S. The lowest BCUT2D eigenvalue weighted by atomic mass is 9.95. The zero-order valence-electron chi connectivity index (χ0n) is 14.7. The third-order valence-electron chi connectivity index (χ3n) is 3.78. The fourth-order valence-electron chi connectivity index (χ4n) is 2.18. The van der Waals surface area contributed by atoms with Gasteiger partial charge in [0, 0.05) is 5.41 Å². The van der Waals surface area contributed by atoms with Gasteiger partial charge in [-0.15, -0.1) is 0 Å². The van der Waals surface area contributed by atoms with Gasteiger partial charge >= 0.3 is 0 Å². The molecule has 0 aliphatic carbocycles. The van der Waals surface area contributed by atoms with E-state index in [4.69, 9.17) is 0 Å². The summed E-state index contributed by atoms with van der Waals surface area (Å²) in [5.74, 6) is -0.880. The summed E-state index contributed by atoms with van der Waals surface area (Å²) in [7, 11) is -3.89. The molecule has 0 bridgehead atoms. The SMILES string of the molecule is Cc1ccc(S(=O)(=O)C(NC(=O)C(C)(C)C)c2ccc(F)cc2)cc1. The number of hydrogen-bond donors (Lipinski definition) is 1. The summed E-state index contributed by atoms with van der Waals surface area (Å²) in [5, 5.41) is 1.31. The highest BCUT2D eigenvalue weighted by molar-refractivity contribution is 7.91. The van der Waals surface area contributed by atoms with Crippen molar-refractivity contribution < 1.29 is 17.6 Å². The maximum absolute atomic E-state index is 13.2. The van der Waals surface area contributed by atoms with Gasteiger partial charge in [0.25, 0.3) is 0 Å². The smallest absolute Gasteiger partial charge is 0.226 e. The topological polar surface area (TPSA) is 63.2 Å². The lowest BCUT2D eigenvalue weighted by Gasteiger charge is -2.25. The lowest BCUT2D eigenvalue weighted by Crippen LogP contribution is -2.40. The minimum atomic E-state index is -3.89. The summed E-state index contributed by atoms with van der Waals surface area (Å²) >= 11 is 0. The van der Waals surface area contributed by atoms with Crippen molar-refractivity contribution in [2.45, 2.75) is 38.0 Å². The van der Waals surface area contributed by atoms with Gasteiger partial charge in [0.1, 0.15) is 5.82 Å². The number of carbonyl (C=O) groups is 1. The predicted molar refractivity (Wildman–Crippen MR) is 95.1 cm³/mol. The average molecular weight is 363 g/mol. The fraction of sp³-hybridized carbons (Fsp3) is 0.316. The van der Waals surface area contributed by atoms with Gasteiger partial charge in [-0.2, -0.15) is 0 Å². The molecule has 0 heterocycles. The molecule has 2 aromatic carbocycles. The zero-order chi connectivity index (χ0) is 18.8. The van der Waals surface area contributed by atoms with Crippen molar-refractivity contribution >= 4 is 15.7 Å². The molecule has 0 aromatic heterocycles. The molecule has 134 valence electrons. The van der Waals surface area contributed by atoms with E-state index in [0.29, 0.717) is 5.56 Å². The standard InChI is InChI=1S/C19H22FNO3S/c1-13-5-11-16(12-6-13)25(23,24)17(21-18(22)19(2,3)4)14-7-9-15(20)10-8-14/h5-12,17H,1-4H3,(H,21,22). The first kappa shape index (κ1) is 19.1. The van der Waals surface area contributed by atoms with Crippen LogP contribution in [0.1, 0.15) is 37.3 Å². The summed E-state index contributed by atoms with van der Waals surface area (Å²) in [5.41, 5.74) is 0.469. The molecule has 0 aliphatic rings. The van der Waals surface area contributed by atoms with Gasteiger partial charge in [0.2, 0.25) is 15.7 Å². The van der Waals surface area contributed by atoms with Crippen molar-refractivity contribution in [1.29, 1.82) is 0 Å². The van der Waals surface area contributed by atoms with Crippen LogP contribution in [-0.2, 0) is 14.6 Å². The molecule has 1 atom stereocenters. The molecule has 4 nitrogen and oxygen atoms in total. The first-order valence-corrected chi connectivity index (χ1v) is 9.43. The number of sulfone groups is 1. The Labute approximate surface area is 148 Å². The van der Waals surface area contributed by atoms with Gasteiger partial charge in [-0.1, -0.05) is 50.6 Å². The van der Waals surface area contributed by atoms with E-state index >= 15 is 0 Å². The van der Waals surface area contributed by atoms with E-state index in [1.165, 1.54) is 36.4 Å². The third-order valence-corrected chi connectivity index (χ3v) is 5.72. The van der Waals surface area contributed by atoms with Crippen molar-refractivity contribution in [3.8, 4) is 0 Å². The van der Waals surface area contributed by atoms with Gasteiger partial charge in [-0.3, -0.25) is 4.79 Å². The van der Waals surface area contributed by atoms with Gasteiger partial charge < -0.3 is 5.32 Å².